The predicted molar refractivity (Wildman–Crippen MR) is 36.6 cm³/mol. The van der Waals surface area contributed by atoms with Gasteiger partial charge in [0.25, 0.3) is 0 Å². The third-order valence-electron chi connectivity index (χ3n) is 1.38. The third kappa shape index (κ3) is 3.81. The molecular weight excluding hydrogens is 230 g/mol. The van der Waals surface area contributed by atoms with E-state index < -0.39 is 10.2 Å². The quantitative estimate of drug-likeness (QED) is 0.501. The number of anilines is 1. The second-order valence-electron chi connectivity index (χ2n) is 2.53. The minimum atomic E-state index is -4.61. The molecular formula is C6H9ClN3O5+. The van der Waals surface area contributed by atoms with E-state index in [1.54, 1.807) is 0 Å². The Bertz CT molecular complexity index is 342. The van der Waals surface area contributed by atoms with Gasteiger partial charge in [-0.25, -0.2) is 0 Å². The van der Waals surface area contributed by atoms with Gasteiger partial charge in [-0.05, 0) is 9.78 Å². The van der Waals surface area contributed by atoms with Crippen LogP contribution in [-0.2, 0) is 6.54 Å². The fourth-order valence-electron chi connectivity index (χ4n) is 0.869. The van der Waals surface area contributed by atoms with E-state index in [-0.39, 0.29) is 24.7 Å². The number of aromatic nitrogens is 2. The van der Waals surface area contributed by atoms with Gasteiger partial charge in [0.2, 0.25) is 6.54 Å². The molecule has 84 valence electrons. The molecule has 0 aliphatic carbocycles. The van der Waals surface area contributed by atoms with Crippen LogP contribution >= 0.6 is 0 Å². The Morgan fingerprint density at radius 3 is 2.73 bits per heavy atom. The summed E-state index contributed by atoms with van der Waals surface area (Å²) in [7, 11) is -4.61. The van der Waals surface area contributed by atoms with Gasteiger partial charge in [-0.3, -0.25) is 0 Å². The fourth-order valence-corrected chi connectivity index (χ4v) is 1.19. The van der Waals surface area contributed by atoms with Crippen molar-refractivity contribution in [3.63, 3.8) is 0 Å². The van der Waals surface area contributed by atoms with Gasteiger partial charge in [0, 0.05) is 4.29 Å². The molecule has 1 aromatic rings. The molecule has 0 saturated carbocycles. The first-order valence-corrected chi connectivity index (χ1v) is 5.02. The first-order chi connectivity index (χ1) is 6.92. The van der Waals surface area contributed by atoms with Crippen molar-refractivity contribution in [3.05, 3.63) is 12.3 Å². The molecule has 0 fully saturated rings. The summed E-state index contributed by atoms with van der Waals surface area (Å²) in [6, 6.07) is 1.12. The van der Waals surface area contributed by atoms with Crippen molar-refractivity contribution in [3.8, 4) is 5.88 Å². The summed E-state index contributed by atoms with van der Waals surface area (Å²) >= 11 is 0. The normalized spacial score (nSPS) is 11.5. The Hall–Kier alpha value is -1.19. The largest absolute Gasteiger partial charge is 0.545 e. The van der Waals surface area contributed by atoms with Gasteiger partial charge in [0.15, 0.2) is 10.2 Å². The van der Waals surface area contributed by atoms with Crippen LogP contribution in [0.4, 0.5) is 5.69 Å². The van der Waals surface area contributed by atoms with Gasteiger partial charge in [0.05, 0.1) is 11.8 Å². The monoisotopic (exact) mass is 238 g/mol. The summed E-state index contributed by atoms with van der Waals surface area (Å²) < 4.78 is 36.0. The van der Waals surface area contributed by atoms with Crippen molar-refractivity contribution in [2.75, 3.05) is 12.3 Å². The van der Waals surface area contributed by atoms with E-state index in [2.05, 4.69) is 9.39 Å². The maximum Gasteiger partial charge on any atom is 0.545 e. The zero-order valence-corrected chi connectivity index (χ0v) is 8.25. The lowest BCUT2D eigenvalue weighted by atomic mass is 10.5. The van der Waals surface area contributed by atoms with Crippen molar-refractivity contribution >= 4 is 5.69 Å². The highest BCUT2D eigenvalue weighted by Crippen LogP contribution is 2.09. The molecule has 0 aliphatic rings. The minimum Gasteiger partial charge on any atom is -0.397 e. The zero-order valence-electron chi connectivity index (χ0n) is 7.50. The summed E-state index contributed by atoms with van der Waals surface area (Å²) in [4.78, 5) is 0. The number of halogens is 1. The summed E-state index contributed by atoms with van der Waals surface area (Å²) in [5.41, 5.74) is 5.46. The van der Waals surface area contributed by atoms with E-state index in [1.165, 1.54) is 6.20 Å². The molecule has 0 radical (unpaired) electrons. The summed E-state index contributed by atoms with van der Waals surface area (Å²) in [5.74, 6) is -0.347. The standard InChI is InChI=1S/C6H8ClN3O5/c8-5-3-6(15-7(12,13)14)10(1-2-11)9-4-5/h3-4,8,11H,1-2H2/p+1. The maximum atomic E-state index is 10.3. The lowest BCUT2D eigenvalue weighted by molar-refractivity contribution is -1.91. The molecule has 1 rings (SSSR count). The Morgan fingerprint density at radius 2 is 2.20 bits per heavy atom. The van der Waals surface area contributed by atoms with Crippen molar-refractivity contribution in [2.24, 2.45) is 0 Å². The van der Waals surface area contributed by atoms with Crippen LogP contribution in [0, 0.1) is 10.2 Å². The van der Waals surface area contributed by atoms with E-state index in [0.29, 0.717) is 0 Å². The lowest BCUT2D eigenvalue weighted by Gasteiger charge is -2.09. The number of rotatable bonds is 4. The van der Waals surface area contributed by atoms with E-state index >= 15 is 0 Å². The molecule has 0 amide bonds. The van der Waals surface area contributed by atoms with Gasteiger partial charge in [-0.15, -0.1) is 0 Å². The van der Waals surface area contributed by atoms with Gasteiger partial charge in [-0.2, -0.15) is 14.0 Å². The molecule has 0 aromatic carbocycles. The SMILES string of the molecule is Nc1cn[n+](CCO)c(O[Cl+3]([O-])([O-])[O-])c1. The molecule has 0 spiro atoms. The van der Waals surface area contributed by atoms with E-state index in [4.69, 9.17) is 10.8 Å². The summed E-state index contributed by atoms with van der Waals surface area (Å²) in [6.45, 7) is -0.297. The van der Waals surface area contributed by atoms with Gasteiger partial charge < -0.3 is 10.8 Å². The highest BCUT2D eigenvalue weighted by molar-refractivity contribution is 5.34. The average Bonchev–Trinajstić information content (AvgIpc) is 2.07. The predicted octanol–water partition coefficient (Wildman–Crippen LogP) is -4.78. The first-order valence-electron chi connectivity index (χ1n) is 3.79. The van der Waals surface area contributed by atoms with E-state index in [9.17, 15) is 14.0 Å². The van der Waals surface area contributed by atoms with Gasteiger partial charge in [0.1, 0.15) is 12.8 Å². The Morgan fingerprint density at radius 1 is 1.53 bits per heavy atom. The van der Waals surface area contributed by atoms with Crippen LogP contribution in [0.5, 0.6) is 5.88 Å². The van der Waals surface area contributed by atoms with Crippen LogP contribution in [-0.4, -0.2) is 16.8 Å². The molecule has 9 heteroatoms. The Kier molecular flexibility index (Phi) is 3.61. The molecule has 0 aliphatic heterocycles. The molecule has 15 heavy (non-hydrogen) atoms. The molecule has 3 N–H and O–H groups in total. The van der Waals surface area contributed by atoms with Crippen molar-refractivity contribution in [1.29, 1.82) is 0 Å². The molecule has 0 bridgehead atoms. The van der Waals surface area contributed by atoms with Crippen molar-refractivity contribution in [2.45, 2.75) is 6.54 Å². The van der Waals surface area contributed by atoms with Gasteiger partial charge in [-0.1, -0.05) is 0 Å². The van der Waals surface area contributed by atoms with E-state index in [1.807, 2.05) is 0 Å². The number of hydrogen-bond acceptors (Lipinski definition) is 7. The zero-order chi connectivity index (χ0) is 11.5. The lowest BCUT2D eigenvalue weighted by Crippen LogP contribution is -2.64. The minimum absolute atomic E-state index is 0.0132. The van der Waals surface area contributed by atoms with Gasteiger partial charge >= 0.3 is 5.88 Å². The molecule has 1 heterocycles. The van der Waals surface area contributed by atoms with Crippen molar-refractivity contribution < 1.29 is 38.3 Å². The van der Waals surface area contributed by atoms with E-state index in [0.717, 1.165) is 10.7 Å². The molecule has 0 saturated heterocycles. The number of nitrogen functional groups attached to an aromatic ring is 1. The summed E-state index contributed by atoms with van der Waals surface area (Å²) in [6.07, 6.45) is 1.23. The highest BCUT2D eigenvalue weighted by Gasteiger charge is 2.30. The fraction of sp³-hybridized carbons (Fsp3) is 0.333. The molecule has 1 aromatic heterocycles. The van der Waals surface area contributed by atoms with Crippen molar-refractivity contribution in [1.82, 2.24) is 5.10 Å². The molecule has 8 nitrogen and oxygen atoms in total. The molecule has 0 atom stereocenters. The number of aliphatic hydroxyl groups excluding tert-OH is 1. The second kappa shape index (κ2) is 4.55. The maximum absolute atomic E-state index is 10.3. The van der Waals surface area contributed by atoms with Crippen LogP contribution in [0.3, 0.4) is 0 Å². The van der Waals surface area contributed by atoms with Crippen LogP contribution in [0.25, 0.3) is 0 Å². The second-order valence-corrected chi connectivity index (χ2v) is 3.44. The van der Waals surface area contributed by atoms with Crippen LogP contribution in [0.1, 0.15) is 0 Å². The average molecular weight is 239 g/mol. The number of hydrogen-bond donors (Lipinski definition) is 2. The first kappa shape index (κ1) is 11.9. The van der Waals surface area contributed by atoms with Crippen LogP contribution in [0.15, 0.2) is 12.3 Å². The number of nitrogens with zero attached hydrogens (tertiary/aromatic N) is 2. The third-order valence-corrected chi connectivity index (χ3v) is 1.72. The van der Waals surface area contributed by atoms with Crippen LogP contribution < -0.4 is 28.7 Å². The Labute approximate surface area is 86.9 Å². The summed E-state index contributed by atoms with van der Waals surface area (Å²) in [5, 5.41) is 12.3. The van der Waals surface area contributed by atoms with Crippen LogP contribution in [0.2, 0.25) is 0 Å². The Balaban J connectivity index is 2.96. The topological polar surface area (TPSA) is 141 Å². The molecule has 0 unspecified atom stereocenters. The number of aliphatic hydroxyl groups is 1. The number of nitrogens with two attached hydrogens (primary N) is 1. The smallest absolute Gasteiger partial charge is 0.397 e. The highest BCUT2D eigenvalue weighted by atomic mass is 35.7.